The maximum absolute atomic E-state index is 13.3. The fourth-order valence-corrected chi connectivity index (χ4v) is 4.83. The van der Waals surface area contributed by atoms with Crippen LogP contribution in [0.2, 0.25) is 0 Å². The SMILES string of the molecule is CCOC(=O)N1CC=C(OS(=O)(=O)C(F)(F)F)C(Cc2ccccc2C)(Cc2ccccc2C)C1. The Morgan fingerprint density at radius 3 is 1.97 bits per heavy atom. The van der Waals surface area contributed by atoms with E-state index in [0.29, 0.717) is 0 Å². The highest BCUT2D eigenvalue weighted by Crippen LogP contribution is 2.43. The third-order valence-corrected chi connectivity index (χ3v) is 7.07. The van der Waals surface area contributed by atoms with Crippen molar-refractivity contribution < 1.29 is 35.3 Å². The Balaban J connectivity index is 2.18. The molecule has 6 nitrogen and oxygen atoms in total. The first-order valence-corrected chi connectivity index (χ1v) is 12.5. The molecule has 0 aliphatic carbocycles. The van der Waals surface area contributed by atoms with Crippen LogP contribution in [0.4, 0.5) is 18.0 Å². The van der Waals surface area contributed by atoms with Gasteiger partial charge in [-0.25, -0.2) is 4.79 Å². The Hall–Kier alpha value is -3.01. The van der Waals surface area contributed by atoms with Gasteiger partial charge in [0.2, 0.25) is 0 Å². The van der Waals surface area contributed by atoms with Gasteiger partial charge in [0.1, 0.15) is 5.76 Å². The number of aryl methyl sites for hydroxylation is 2. The van der Waals surface area contributed by atoms with Crippen molar-refractivity contribution in [3.8, 4) is 0 Å². The van der Waals surface area contributed by atoms with Gasteiger partial charge in [0.05, 0.1) is 12.0 Å². The molecule has 35 heavy (non-hydrogen) atoms. The number of amides is 1. The summed E-state index contributed by atoms with van der Waals surface area (Å²) in [6, 6.07) is 14.6. The molecule has 2 aromatic rings. The first-order chi connectivity index (χ1) is 16.4. The molecule has 0 saturated carbocycles. The molecule has 1 aliphatic heterocycles. The highest BCUT2D eigenvalue weighted by atomic mass is 32.2. The molecule has 1 heterocycles. The predicted octanol–water partition coefficient (Wildman–Crippen LogP) is 5.30. The van der Waals surface area contributed by atoms with Gasteiger partial charge in [-0.1, -0.05) is 48.5 Å². The van der Waals surface area contributed by atoms with E-state index >= 15 is 0 Å². The van der Waals surface area contributed by atoms with Gasteiger partial charge in [0, 0.05) is 13.1 Å². The van der Waals surface area contributed by atoms with Gasteiger partial charge in [-0.15, -0.1) is 0 Å². The van der Waals surface area contributed by atoms with E-state index in [2.05, 4.69) is 0 Å². The number of ether oxygens (including phenoxy) is 1. The predicted molar refractivity (Wildman–Crippen MR) is 125 cm³/mol. The highest BCUT2D eigenvalue weighted by molar-refractivity contribution is 7.87. The molecule has 1 amide bonds. The van der Waals surface area contributed by atoms with Crippen molar-refractivity contribution >= 4 is 16.2 Å². The number of carbonyl (C=O) groups excluding carboxylic acids is 1. The molecule has 0 radical (unpaired) electrons. The van der Waals surface area contributed by atoms with Crippen LogP contribution < -0.4 is 0 Å². The lowest BCUT2D eigenvalue weighted by Crippen LogP contribution is -2.49. The van der Waals surface area contributed by atoms with E-state index in [1.165, 1.54) is 11.0 Å². The highest BCUT2D eigenvalue weighted by Gasteiger charge is 2.52. The average molecular weight is 512 g/mol. The molecule has 0 atom stereocenters. The number of hydrogen-bond acceptors (Lipinski definition) is 5. The summed E-state index contributed by atoms with van der Waals surface area (Å²) in [5.41, 5.74) is -3.55. The van der Waals surface area contributed by atoms with Gasteiger partial charge < -0.3 is 13.8 Å². The van der Waals surface area contributed by atoms with E-state index in [0.717, 1.165) is 22.3 Å². The molecule has 0 fully saturated rings. The Morgan fingerprint density at radius 2 is 1.51 bits per heavy atom. The first kappa shape index (κ1) is 26.6. The number of halogens is 3. The maximum atomic E-state index is 13.3. The van der Waals surface area contributed by atoms with Gasteiger partial charge in [-0.2, -0.15) is 21.6 Å². The van der Waals surface area contributed by atoms with Crippen LogP contribution in [-0.4, -0.2) is 44.6 Å². The van der Waals surface area contributed by atoms with Gasteiger partial charge in [-0.05, 0) is 61.9 Å². The summed E-state index contributed by atoms with van der Waals surface area (Å²) in [4.78, 5) is 14.0. The Bertz CT molecular complexity index is 1160. The lowest BCUT2D eigenvalue weighted by atomic mass is 9.72. The molecule has 190 valence electrons. The van der Waals surface area contributed by atoms with Crippen LogP contribution in [0, 0.1) is 19.3 Å². The molecule has 1 aliphatic rings. The topological polar surface area (TPSA) is 72.9 Å². The van der Waals surface area contributed by atoms with Crippen molar-refractivity contribution in [1.82, 2.24) is 4.90 Å². The third kappa shape index (κ3) is 5.98. The third-order valence-electron chi connectivity index (χ3n) is 6.10. The van der Waals surface area contributed by atoms with Crippen molar-refractivity contribution in [1.29, 1.82) is 0 Å². The minimum absolute atomic E-state index is 0.0896. The zero-order chi connectivity index (χ0) is 25.9. The molecular formula is C25H28F3NO5S. The molecule has 10 heteroatoms. The normalized spacial score (nSPS) is 15.9. The van der Waals surface area contributed by atoms with Crippen LogP contribution in [0.5, 0.6) is 0 Å². The Morgan fingerprint density at radius 1 is 1.00 bits per heavy atom. The summed E-state index contributed by atoms with van der Waals surface area (Å²) >= 11 is 0. The van der Waals surface area contributed by atoms with Crippen molar-refractivity contribution in [2.75, 3.05) is 19.7 Å². The zero-order valence-electron chi connectivity index (χ0n) is 19.8. The second-order valence-corrected chi connectivity index (χ2v) is 10.2. The molecule has 2 aromatic carbocycles. The Labute approximate surface area is 203 Å². The second-order valence-electron chi connectivity index (χ2n) is 8.62. The van der Waals surface area contributed by atoms with Gasteiger partial charge in [0.15, 0.2) is 0 Å². The van der Waals surface area contributed by atoms with E-state index in [1.54, 1.807) is 19.1 Å². The van der Waals surface area contributed by atoms with Gasteiger partial charge >= 0.3 is 21.7 Å². The monoisotopic (exact) mass is 511 g/mol. The molecule has 0 saturated heterocycles. The molecule has 0 N–H and O–H groups in total. The smallest absolute Gasteiger partial charge is 0.450 e. The summed E-state index contributed by atoms with van der Waals surface area (Å²) in [7, 11) is -5.92. The largest absolute Gasteiger partial charge is 0.534 e. The Kier molecular flexibility index (Phi) is 7.83. The van der Waals surface area contributed by atoms with Crippen molar-refractivity contribution in [3.63, 3.8) is 0 Å². The van der Waals surface area contributed by atoms with Crippen LogP contribution >= 0.6 is 0 Å². The van der Waals surface area contributed by atoms with Gasteiger partial charge in [0.25, 0.3) is 0 Å². The first-order valence-electron chi connectivity index (χ1n) is 11.1. The van der Waals surface area contributed by atoms with E-state index in [4.69, 9.17) is 8.92 Å². The van der Waals surface area contributed by atoms with Crippen molar-refractivity contribution in [2.45, 2.75) is 39.1 Å². The lowest BCUT2D eigenvalue weighted by Gasteiger charge is -2.42. The summed E-state index contributed by atoms with van der Waals surface area (Å²) < 4.78 is 74.0. The molecule has 3 rings (SSSR count). The number of nitrogens with zero attached hydrogens (tertiary/aromatic N) is 1. The van der Waals surface area contributed by atoms with Crippen molar-refractivity contribution in [2.24, 2.45) is 5.41 Å². The molecule has 0 spiro atoms. The summed E-state index contributed by atoms with van der Waals surface area (Å²) in [5, 5.41) is 0. The fraction of sp³-hybridized carbons (Fsp3) is 0.400. The lowest BCUT2D eigenvalue weighted by molar-refractivity contribution is -0.0540. The minimum Gasteiger partial charge on any atom is -0.450 e. The van der Waals surface area contributed by atoms with Crippen molar-refractivity contribution in [3.05, 3.63) is 82.6 Å². The van der Waals surface area contributed by atoms with Crippen LogP contribution in [0.25, 0.3) is 0 Å². The zero-order valence-corrected chi connectivity index (χ0v) is 20.6. The maximum Gasteiger partial charge on any atom is 0.534 e. The molecule has 0 unspecified atom stereocenters. The standard InChI is InChI=1S/C25H28F3NO5S/c1-4-33-23(30)29-14-13-22(34-35(31,32)25(26,27)28)24(17-29,15-20-11-7-5-9-18(20)2)16-21-12-8-6-10-19(21)3/h5-13H,4,14-17H2,1-3H3. The number of carbonyl (C=O) groups is 1. The molecule has 0 bridgehead atoms. The minimum atomic E-state index is -5.92. The summed E-state index contributed by atoms with van der Waals surface area (Å²) in [6.07, 6.45) is 0.882. The van der Waals surface area contributed by atoms with E-state index in [1.807, 2.05) is 50.2 Å². The van der Waals surface area contributed by atoms with Gasteiger partial charge in [-0.3, -0.25) is 0 Å². The average Bonchev–Trinajstić information content (AvgIpc) is 2.78. The van der Waals surface area contributed by atoms with Crippen LogP contribution in [0.3, 0.4) is 0 Å². The number of benzene rings is 2. The van der Waals surface area contributed by atoms with Crippen LogP contribution in [0.1, 0.15) is 29.2 Å². The molecule has 0 aromatic heterocycles. The van der Waals surface area contributed by atoms with Crippen LogP contribution in [0.15, 0.2) is 60.4 Å². The van der Waals surface area contributed by atoms with E-state index in [9.17, 15) is 26.4 Å². The van der Waals surface area contributed by atoms with Crippen LogP contribution in [-0.2, 0) is 31.9 Å². The quantitative estimate of drug-likeness (QED) is 0.373. The summed E-state index contributed by atoms with van der Waals surface area (Å²) in [5.74, 6) is -0.332. The number of rotatable bonds is 7. The number of alkyl halides is 3. The van der Waals surface area contributed by atoms with E-state index < -0.39 is 27.1 Å². The number of hydrogen-bond donors (Lipinski definition) is 0. The summed E-state index contributed by atoms with van der Waals surface area (Å²) in [6.45, 7) is 5.25. The fourth-order valence-electron chi connectivity index (χ4n) is 4.25. The van der Waals surface area contributed by atoms with E-state index in [-0.39, 0.29) is 38.3 Å². The second kappa shape index (κ2) is 10.3. The molecular weight excluding hydrogens is 483 g/mol.